The highest BCUT2D eigenvalue weighted by Gasteiger charge is 2.25. The normalized spacial score (nSPS) is 19.6. The molecule has 0 aromatic heterocycles. The molecule has 0 amide bonds. The molecule has 20 heavy (non-hydrogen) atoms. The molecular formula is C15H20FNO3. The SMILES string of the molecule is Oc1c(F)cc2c(c1CC1CCNCC1)OCCCO2. The number of phenols is 1. The molecule has 3 rings (SSSR count). The molecule has 0 bridgehead atoms. The molecule has 0 spiro atoms. The van der Waals surface area contributed by atoms with Gasteiger partial charge in [0.2, 0.25) is 0 Å². The van der Waals surface area contributed by atoms with E-state index in [0.717, 1.165) is 32.4 Å². The number of halogens is 1. The molecule has 1 aromatic carbocycles. The Balaban J connectivity index is 1.92. The third-order valence-electron chi connectivity index (χ3n) is 4.01. The molecule has 1 fully saturated rings. The Morgan fingerprint density at radius 3 is 2.80 bits per heavy atom. The van der Waals surface area contributed by atoms with Crippen molar-refractivity contribution in [2.24, 2.45) is 5.92 Å². The van der Waals surface area contributed by atoms with Gasteiger partial charge in [-0.1, -0.05) is 0 Å². The van der Waals surface area contributed by atoms with Gasteiger partial charge in [0.25, 0.3) is 0 Å². The fourth-order valence-corrected chi connectivity index (χ4v) is 2.89. The number of hydrogen-bond acceptors (Lipinski definition) is 4. The van der Waals surface area contributed by atoms with Crippen molar-refractivity contribution in [3.05, 3.63) is 17.4 Å². The van der Waals surface area contributed by atoms with Gasteiger partial charge in [0.05, 0.1) is 13.2 Å². The van der Waals surface area contributed by atoms with E-state index in [1.54, 1.807) is 0 Å². The second-order valence-electron chi connectivity index (χ2n) is 5.46. The summed E-state index contributed by atoms with van der Waals surface area (Å²) < 4.78 is 25.1. The number of aromatic hydroxyl groups is 1. The van der Waals surface area contributed by atoms with E-state index in [4.69, 9.17) is 9.47 Å². The number of benzene rings is 1. The molecule has 0 aliphatic carbocycles. The van der Waals surface area contributed by atoms with Crippen LogP contribution < -0.4 is 14.8 Å². The fourth-order valence-electron chi connectivity index (χ4n) is 2.89. The molecule has 1 saturated heterocycles. The molecular weight excluding hydrogens is 261 g/mol. The van der Waals surface area contributed by atoms with E-state index in [-0.39, 0.29) is 5.75 Å². The summed E-state index contributed by atoms with van der Waals surface area (Å²) in [5, 5.41) is 13.4. The Kier molecular flexibility index (Phi) is 3.96. The Morgan fingerprint density at radius 2 is 2.00 bits per heavy atom. The van der Waals surface area contributed by atoms with E-state index < -0.39 is 5.82 Å². The molecule has 2 N–H and O–H groups in total. The molecule has 1 aromatic rings. The van der Waals surface area contributed by atoms with Crippen molar-refractivity contribution in [3.8, 4) is 17.2 Å². The van der Waals surface area contributed by atoms with E-state index >= 15 is 0 Å². The zero-order chi connectivity index (χ0) is 13.9. The molecule has 0 unspecified atom stereocenters. The minimum absolute atomic E-state index is 0.284. The summed E-state index contributed by atoms with van der Waals surface area (Å²) in [5.41, 5.74) is 0.564. The molecule has 0 radical (unpaired) electrons. The molecule has 2 aliphatic rings. The van der Waals surface area contributed by atoms with Crippen molar-refractivity contribution in [2.75, 3.05) is 26.3 Å². The number of nitrogens with one attached hydrogen (secondary N) is 1. The predicted molar refractivity (Wildman–Crippen MR) is 73.0 cm³/mol. The summed E-state index contributed by atoms with van der Waals surface area (Å²) in [5.74, 6) is 0.479. The molecule has 4 nitrogen and oxygen atoms in total. The molecule has 0 saturated carbocycles. The molecule has 2 aliphatic heterocycles. The van der Waals surface area contributed by atoms with Crippen molar-refractivity contribution in [1.29, 1.82) is 0 Å². The summed E-state index contributed by atoms with van der Waals surface area (Å²) in [4.78, 5) is 0. The summed E-state index contributed by atoms with van der Waals surface area (Å²) in [7, 11) is 0. The van der Waals surface area contributed by atoms with Gasteiger partial charge in [-0.25, -0.2) is 4.39 Å². The van der Waals surface area contributed by atoms with Crippen LogP contribution in [0.1, 0.15) is 24.8 Å². The summed E-state index contributed by atoms with van der Waals surface area (Å²) in [6, 6.07) is 1.22. The first kappa shape index (κ1) is 13.5. The van der Waals surface area contributed by atoms with Crippen LogP contribution in [0.3, 0.4) is 0 Å². The van der Waals surface area contributed by atoms with Gasteiger partial charge in [0, 0.05) is 18.1 Å². The van der Waals surface area contributed by atoms with Gasteiger partial charge in [0.1, 0.15) is 0 Å². The van der Waals surface area contributed by atoms with Crippen LogP contribution in [0.4, 0.5) is 4.39 Å². The zero-order valence-electron chi connectivity index (χ0n) is 11.5. The van der Waals surface area contributed by atoms with Gasteiger partial charge < -0.3 is 19.9 Å². The maximum atomic E-state index is 13.9. The van der Waals surface area contributed by atoms with Crippen LogP contribution in [0.5, 0.6) is 17.2 Å². The smallest absolute Gasteiger partial charge is 0.169 e. The van der Waals surface area contributed by atoms with Crippen LogP contribution in [0.25, 0.3) is 0 Å². The van der Waals surface area contributed by atoms with E-state index in [2.05, 4.69) is 5.32 Å². The zero-order valence-corrected chi connectivity index (χ0v) is 11.5. The lowest BCUT2D eigenvalue weighted by molar-refractivity contribution is 0.294. The quantitative estimate of drug-likeness (QED) is 0.873. The lowest BCUT2D eigenvalue weighted by Gasteiger charge is -2.24. The van der Waals surface area contributed by atoms with E-state index in [9.17, 15) is 9.50 Å². The van der Waals surface area contributed by atoms with Crippen LogP contribution in [0, 0.1) is 11.7 Å². The van der Waals surface area contributed by atoms with Crippen LogP contribution in [0.2, 0.25) is 0 Å². The van der Waals surface area contributed by atoms with E-state index in [1.807, 2.05) is 0 Å². The van der Waals surface area contributed by atoms with E-state index in [0.29, 0.717) is 42.6 Å². The van der Waals surface area contributed by atoms with Crippen molar-refractivity contribution in [3.63, 3.8) is 0 Å². The van der Waals surface area contributed by atoms with Crippen LogP contribution in [0.15, 0.2) is 6.07 Å². The summed E-state index contributed by atoms with van der Waals surface area (Å²) >= 11 is 0. The van der Waals surface area contributed by atoms with Gasteiger partial charge in [-0.05, 0) is 38.3 Å². The predicted octanol–water partition coefficient (Wildman–Crippen LogP) is 2.23. The third kappa shape index (κ3) is 2.68. The van der Waals surface area contributed by atoms with E-state index in [1.165, 1.54) is 6.07 Å². The Hall–Kier alpha value is -1.49. The number of phenolic OH excluding ortho intramolecular Hbond substituents is 1. The second-order valence-corrected chi connectivity index (χ2v) is 5.46. The molecule has 110 valence electrons. The maximum absolute atomic E-state index is 13.9. The fraction of sp³-hybridized carbons (Fsp3) is 0.600. The standard InChI is InChI=1S/C15H20FNO3/c16-12-9-13-15(20-7-1-6-19-13)11(14(12)18)8-10-2-4-17-5-3-10/h9-10,17-18H,1-8H2. The van der Waals surface area contributed by atoms with Gasteiger partial charge in [-0.15, -0.1) is 0 Å². The molecule has 5 heteroatoms. The minimum Gasteiger partial charge on any atom is -0.505 e. The number of hydrogen-bond donors (Lipinski definition) is 2. The molecule has 2 heterocycles. The lowest BCUT2D eigenvalue weighted by atomic mass is 9.90. The van der Waals surface area contributed by atoms with Crippen molar-refractivity contribution in [2.45, 2.75) is 25.7 Å². The minimum atomic E-state index is -0.627. The highest BCUT2D eigenvalue weighted by Crippen LogP contribution is 2.42. The highest BCUT2D eigenvalue weighted by molar-refractivity contribution is 5.54. The number of ether oxygens (including phenoxy) is 2. The first-order valence-electron chi connectivity index (χ1n) is 7.26. The van der Waals surface area contributed by atoms with Gasteiger partial charge >= 0.3 is 0 Å². The Morgan fingerprint density at radius 1 is 1.25 bits per heavy atom. The largest absolute Gasteiger partial charge is 0.505 e. The van der Waals surface area contributed by atoms with Gasteiger partial charge in [0.15, 0.2) is 23.1 Å². The first-order chi connectivity index (χ1) is 9.75. The van der Waals surface area contributed by atoms with Crippen molar-refractivity contribution >= 4 is 0 Å². The first-order valence-corrected chi connectivity index (χ1v) is 7.26. The van der Waals surface area contributed by atoms with Crippen LogP contribution in [-0.2, 0) is 6.42 Å². The topological polar surface area (TPSA) is 50.7 Å². The number of fused-ring (bicyclic) bond motifs is 1. The van der Waals surface area contributed by atoms with Crippen molar-refractivity contribution in [1.82, 2.24) is 5.32 Å². The average Bonchev–Trinajstić information content (AvgIpc) is 2.70. The van der Waals surface area contributed by atoms with Crippen LogP contribution in [-0.4, -0.2) is 31.4 Å². The van der Waals surface area contributed by atoms with Gasteiger partial charge in [-0.2, -0.15) is 0 Å². The molecule has 0 atom stereocenters. The summed E-state index contributed by atoms with van der Waals surface area (Å²) in [6.07, 6.45) is 3.47. The maximum Gasteiger partial charge on any atom is 0.169 e. The Labute approximate surface area is 117 Å². The van der Waals surface area contributed by atoms with Crippen molar-refractivity contribution < 1.29 is 19.0 Å². The average molecular weight is 281 g/mol. The second kappa shape index (κ2) is 5.87. The third-order valence-corrected chi connectivity index (χ3v) is 4.01. The number of piperidine rings is 1. The number of rotatable bonds is 2. The Bertz CT molecular complexity index is 486. The van der Waals surface area contributed by atoms with Gasteiger partial charge in [-0.3, -0.25) is 0 Å². The van der Waals surface area contributed by atoms with Crippen LogP contribution >= 0.6 is 0 Å². The lowest BCUT2D eigenvalue weighted by Crippen LogP contribution is -2.28. The summed E-state index contributed by atoms with van der Waals surface area (Å²) in [6.45, 7) is 3.00. The highest BCUT2D eigenvalue weighted by atomic mass is 19.1. The monoisotopic (exact) mass is 281 g/mol.